The second-order valence-electron chi connectivity index (χ2n) is 9.45. The van der Waals surface area contributed by atoms with Crippen LogP contribution in [0, 0.1) is 0 Å². The number of carbonyl (C=O) groups is 2. The summed E-state index contributed by atoms with van der Waals surface area (Å²) in [7, 11) is 0. The van der Waals surface area contributed by atoms with Crippen LogP contribution in [0.2, 0.25) is 0 Å². The maximum Gasteiger partial charge on any atom is 0.407 e. The van der Waals surface area contributed by atoms with Crippen molar-refractivity contribution in [2.75, 3.05) is 19.6 Å². The summed E-state index contributed by atoms with van der Waals surface area (Å²) in [5.41, 5.74) is -0.447. The van der Waals surface area contributed by atoms with Crippen molar-refractivity contribution in [3.63, 3.8) is 0 Å². The maximum absolute atomic E-state index is 12.0. The summed E-state index contributed by atoms with van der Waals surface area (Å²) in [5, 5.41) is 6.18. The Morgan fingerprint density at radius 3 is 2.06 bits per heavy atom. The predicted octanol–water partition coefficient (Wildman–Crippen LogP) is 6.12. The lowest BCUT2D eigenvalue weighted by atomic mass is 10.1. The summed E-state index contributed by atoms with van der Waals surface area (Å²) in [6.45, 7) is 12.4. The number of rotatable bonds is 19. The number of ether oxygens (including phenoxy) is 2. The van der Waals surface area contributed by atoms with E-state index in [0.717, 1.165) is 70.9 Å². The SMILES string of the molecule is CCCCC(CCC)OC(=O)CCCCCCCCNCCCNC(=O)OC(C)(C)C. The first kappa shape index (κ1) is 29.7. The molecule has 0 heterocycles. The lowest BCUT2D eigenvalue weighted by molar-refractivity contribution is -0.150. The maximum atomic E-state index is 12.0. The molecule has 0 bridgehead atoms. The van der Waals surface area contributed by atoms with Crippen molar-refractivity contribution in [3.8, 4) is 0 Å². The van der Waals surface area contributed by atoms with E-state index in [1.54, 1.807) is 0 Å². The Kier molecular flexibility index (Phi) is 18.6. The van der Waals surface area contributed by atoms with Crippen molar-refractivity contribution < 1.29 is 19.1 Å². The van der Waals surface area contributed by atoms with Gasteiger partial charge in [-0.25, -0.2) is 4.79 Å². The van der Waals surface area contributed by atoms with Gasteiger partial charge in [0.05, 0.1) is 0 Å². The van der Waals surface area contributed by atoms with Crippen LogP contribution in [0.4, 0.5) is 4.79 Å². The van der Waals surface area contributed by atoms with E-state index in [4.69, 9.17) is 9.47 Å². The standard InChI is InChI=1S/C25H50N2O4/c1-6-8-17-22(16-7-2)30-23(28)18-13-11-9-10-12-14-19-26-20-15-21-27-24(29)31-25(3,4)5/h22,26H,6-21H2,1-5H3,(H,27,29). The highest BCUT2D eigenvalue weighted by atomic mass is 16.6. The van der Waals surface area contributed by atoms with Gasteiger partial charge in [0.1, 0.15) is 11.7 Å². The van der Waals surface area contributed by atoms with Gasteiger partial charge in [-0.3, -0.25) is 4.79 Å². The monoisotopic (exact) mass is 442 g/mol. The predicted molar refractivity (Wildman–Crippen MR) is 128 cm³/mol. The number of hydrogen-bond acceptors (Lipinski definition) is 5. The zero-order chi connectivity index (χ0) is 23.4. The van der Waals surface area contributed by atoms with Crippen LogP contribution in [0.5, 0.6) is 0 Å². The number of hydrogen-bond donors (Lipinski definition) is 2. The zero-order valence-electron chi connectivity index (χ0n) is 21.0. The van der Waals surface area contributed by atoms with Gasteiger partial charge in [0.2, 0.25) is 0 Å². The van der Waals surface area contributed by atoms with Gasteiger partial charge in [-0.15, -0.1) is 0 Å². The molecule has 1 amide bonds. The average molecular weight is 443 g/mol. The van der Waals surface area contributed by atoms with Crippen LogP contribution in [0.3, 0.4) is 0 Å². The molecule has 0 aliphatic carbocycles. The Morgan fingerprint density at radius 2 is 1.42 bits per heavy atom. The molecule has 0 aromatic rings. The van der Waals surface area contributed by atoms with E-state index in [0.29, 0.717) is 13.0 Å². The van der Waals surface area contributed by atoms with Crippen LogP contribution < -0.4 is 10.6 Å². The fourth-order valence-corrected chi connectivity index (χ4v) is 3.33. The van der Waals surface area contributed by atoms with Crippen LogP contribution in [0.25, 0.3) is 0 Å². The minimum atomic E-state index is -0.447. The third-order valence-corrected chi connectivity index (χ3v) is 4.97. The summed E-state index contributed by atoms with van der Waals surface area (Å²) in [6, 6.07) is 0. The molecule has 1 atom stereocenters. The quantitative estimate of drug-likeness (QED) is 0.186. The highest BCUT2D eigenvalue weighted by Gasteiger charge is 2.15. The summed E-state index contributed by atoms with van der Waals surface area (Å²) < 4.78 is 10.8. The van der Waals surface area contributed by atoms with Gasteiger partial charge in [0.15, 0.2) is 0 Å². The van der Waals surface area contributed by atoms with Gasteiger partial charge in [-0.2, -0.15) is 0 Å². The molecule has 6 heteroatoms. The summed E-state index contributed by atoms with van der Waals surface area (Å²) in [4.78, 5) is 23.5. The molecule has 0 fully saturated rings. The van der Waals surface area contributed by atoms with Crippen LogP contribution in [0.1, 0.15) is 118 Å². The van der Waals surface area contributed by atoms with Crippen molar-refractivity contribution in [3.05, 3.63) is 0 Å². The van der Waals surface area contributed by atoms with Gasteiger partial charge in [-0.1, -0.05) is 58.8 Å². The van der Waals surface area contributed by atoms with Crippen LogP contribution in [-0.2, 0) is 14.3 Å². The van der Waals surface area contributed by atoms with Gasteiger partial charge in [0, 0.05) is 13.0 Å². The zero-order valence-corrected chi connectivity index (χ0v) is 21.0. The number of alkyl carbamates (subject to hydrolysis) is 1. The first-order valence-electron chi connectivity index (χ1n) is 12.7. The largest absolute Gasteiger partial charge is 0.462 e. The second kappa shape index (κ2) is 19.4. The van der Waals surface area contributed by atoms with E-state index >= 15 is 0 Å². The lowest BCUT2D eigenvalue weighted by Crippen LogP contribution is -2.34. The minimum absolute atomic E-state index is 0.0140. The van der Waals surface area contributed by atoms with Gasteiger partial charge < -0.3 is 20.1 Å². The van der Waals surface area contributed by atoms with Crippen molar-refractivity contribution >= 4 is 12.1 Å². The lowest BCUT2D eigenvalue weighted by Gasteiger charge is -2.19. The molecule has 0 aromatic carbocycles. The van der Waals surface area contributed by atoms with Crippen LogP contribution >= 0.6 is 0 Å². The van der Waals surface area contributed by atoms with Crippen molar-refractivity contribution in [1.29, 1.82) is 0 Å². The van der Waals surface area contributed by atoms with Crippen molar-refractivity contribution in [1.82, 2.24) is 10.6 Å². The Labute approximate surface area is 191 Å². The molecule has 6 nitrogen and oxygen atoms in total. The smallest absolute Gasteiger partial charge is 0.407 e. The van der Waals surface area contributed by atoms with Crippen molar-refractivity contribution in [2.24, 2.45) is 0 Å². The first-order chi connectivity index (χ1) is 14.8. The molecule has 0 aliphatic rings. The third kappa shape index (κ3) is 21.7. The molecular formula is C25H50N2O4. The molecule has 0 rings (SSSR count). The number of unbranched alkanes of at least 4 members (excludes halogenated alkanes) is 6. The molecule has 0 aromatic heterocycles. The average Bonchev–Trinajstić information content (AvgIpc) is 2.68. The van der Waals surface area contributed by atoms with Crippen LogP contribution in [-0.4, -0.2) is 43.4 Å². The van der Waals surface area contributed by atoms with Gasteiger partial charge in [-0.05, 0) is 66.0 Å². The van der Waals surface area contributed by atoms with E-state index in [1.165, 1.54) is 19.3 Å². The summed E-state index contributed by atoms with van der Waals surface area (Å²) in [5.74, 6) is -0.0140. The van der Waals surface area contributed by atoms with E-state index < -0.39 is 5.60 Å². The molecule has 31 heavy (non-hydrogen) atoms. The van der Waals surface area contributed by atoms with E-state index in [2.05, 4.69) is 24.5 Å². The highest BCUT2D eigenvalue weighted by molar-refractivity contribution is 5.69. The second-order valence-corrected chi connectivity index (χ2v) is 9.45. The fourth-order valence-electron chi connectivity index (χ4n) is 3.33. The van der Waals surface area contributed by atoms with E-state index in [-0.39, 0.29) is 18.2 Å². The number of amides is 1. The fraction of sp³-hybridized carbons (Fsp3) is 0.920. The molecule has 0 radical (unpaired) electrons. The third-order valence-electron chi connectivity index (χ3n) is 4.97. The molecule has 0 spiro atoms. The number of esters is 1. The first-order valence-corrected chi connectivity index (χ1v) is 12.7. The molecule has 0 aliphatic heterocycles. The number of carbonyl (C=O) groups excluding carboxylic acids is 2. The molecular weight excluding hydrogens is 392 g/mol. The Hall–Kier alpha value is -1.30. The topological polar surface area (TPSA) is 76.7 Å². The van der Waals surface area contributed by atoms with Crippen LogP contribution in [0.15, 0.2) is 0 Å². The normalized spacial score (nSPS) is 12.4. The Balaban J connectivity index is 3.44. The van der Waals surface area contributed by atoms with E-state index in [9.17, 15) is 9.59 Å². The molecule has 1 unspecified atom stereocenters. The molecule has 184 valence electrons. The summed E-state index contributed by atoms with van der Waals surface area (Å²) >= 11 is 0. The Morgan fingerprint density at radius 1 is 0.774 bits per heavy atom. The number of nitrogens with one attached hydrogen (secondary N) is 2. The van der Waals surface area contributed by atoms with E-state index in [1.807, 2.05) is 20.8 Å². The summed E-state index contributed by atoms with van der Waals surface area (Å²) in [6.07, 6.45) is 13.4. The van der Waals surface area contributed by atoms with Crippen molar-refractivity contribution in [2.45, 2.75) is 130 Å². The highest BCUT2D eigenvalue weighted by Crippen LogP contribution is 2.14. The van der Waals surface area contributed by atoms with Gasteiger partial charge >= 0.3 is 12.1 Å². The van der Waals surface area contributed by atoms with Gasteiger partial charge in [0.25, 0.3) is 0 Å². The molecule has 2 N–H and O–H groups in total. The Bertz CT molecular complexity index is 449. The minimum Gasteiger partial charge on any atom is -0.462 e. The molecule has 0 saturated carbocycles. The molecule has 0 saturated heterocycles.